The number of hydrogen-bond acceptors (Lipinski definition) is 4. The smallest absolute Gasteiger partial charge is 0.130 e. The topological polar surface area (TPSA) is 56.5 Å². The van der Waals surface area contributed by atoms with E-state index in [4.69, 9.17) is 9.47 Å². The van der Waals surface area contributed by atoms with Crippen molar-refractivity contribution >= 4 is 0 Å². The molecule has 1 heterocycles. The standard InChI is InChI=1S/C16H22N2O3/c1-11(2)18-10-17-8-13(18)9-21-16-7-14(20-4)5-6-15(16)12(3)19/h5-8,10-12,19H,9H2,1-4H3. The highest BCUT2D eigenvalue weighted by molar-refractivity contribution is 5.41. The minimum absolute atomic E-state index is 0.327. The van der Waals surface area contributed by atoms with Crippen LogP contribution >= 0.6 is 0 Å². The molecule has 21 heavy (non-hydrogen) atoms. The first-order chi connectivity index (χ1) is 10.0. The lowest BCUT2D eigenvalue weighted by atomic mass is 10.1. The van der Waals surface area contributed by atoms with Gasteiger partial charge in [-0.2, -0.15) is 0 Å². The summed E-state index contributed by atoms with van der Waals surface area (Å²) in [5.74, 6) is 1.33. The summed E-state index contributed by atoms with van der Waals surface area (Å²) < 4.78 is 13.1. The molecule has 1 N–H and O–H groups in total. The van der Waals surface area contributed by atoms with E-state index in [0.717, 1.165) is 11.3 Å². The van der Waals surface area contributed by atoms with Crippen LogP contribution < -0.4 is 9.47 Å². The fourth-order valence-corrected chi connectivity index (χ4v) is 2.17. The van der Waals surface area contributed by atoms with E-state index in [1.165, 1.54) is 0 Å². The molecule has 0 radical (unpaired) electrons. The molecule has 0 saturated heterocycles. The number of hydrogen-bond donors (Lipinski definition) is 1. The van der Waals surface area contributed by atoms with Crippen LogP contribution in [-0.4, -0.2) is 21.8 Å². The fraction of sp³-hybridized carbons (Fsp3) is 0.438. The first kappa shape index (κ1) is 15.4. The quantitative estimate of drug-likeness (QED) is 0.888. The van der Waals surface area contributed by atoms with Crippen molar-refractivity contribution in [3.8, 4) is 11.5 Å². The number of benzene rings is 1. The molecule has 0 aliphatic heterocycles. The van der Waals surface area contributed by atoms with Crippen molar-refractivity contribution in [2.75, 3.05) is 7.11 Å². The van der Waals surface area contributed by atoms with Crippen LogP contribution in [0.25, 0.3) is 0 Å². The zero-order valence-electron chi connectivity index (χ0n) is 12.9. The Balaban J connectivity index is 2.20. The SMILES string of the molecule is COc1ccc(C(C)O)c(OCc2cncn2C(C)C)c1. The van der Waals surface area contributed by atoms with Crippen LogP contribution in [0.2, 0.25) is 0 Å². The van der Waals surface area contributed by atoms with Crippen LogP contribution in [-0.2, 0) is 6.61 Å². The first-order valence-electron chi connectivity index (χ1n) is 7.02. The molecule has 2 rings (SSSR count). The van der Waals surface area contributed by atoms with Crippen LogP contribution in [0.15, 0.2) is 30.7 Å². The van der Waals surface area contributed by atoms with Crippen LogP contribution in [0.1, 0.15) is 44.2 Å². The molecular formula is C16H22N2O3. The number of aliphatic hydroxyl groups excluding tert-OH is 1. The van der Waals surface area contributed by atoms with E-state index in [1.54, 1.807) is 32.6 Å². The molecule has 1 atom stereocenters. The van der Waals surface area contributed by atoms with E-state index < -0.39 is 6.10 Å². The molecule has 1 aromatic carbocycles. The lowest BCUT2D eigenvalue weighted by molar-refractivity contribution is 0.189. The second-order valence-electron chi connectivity index (χ2n) is 5.25. The molecule has 2 aromatic rings. The van der Waals surface area contributed by atoms with Crippen LogP contribution in [0, 0.1) is 0 Å². The van der Waals surface area contributed by atoms with E-state index in [1.807, 2.05) is 12.1 Å². The van der Waals surface area contributed by atoms with Gasteiger partial charge in [-0.25, -0.2) is 4.98 Å². The van der Waals surface area contributed by atoms with Crippen molar-refractivity contribution in [2.24, 2.45) is 0 Å². The van der Waals surface area contributed by atoms with Crippen molar-refractivity contribution < 1.29 is 14.6 Å². The Morgan fingerprint density at radius 2 is 2.05 bits per heavy atom. The number of methoxy groups -OCH3 is 1. The number of rotatable bonds is 6. The third kappa shape index (κ3) is 3.55. The minimum atomic E-state index is -0.596. The van der Waals surface area contributed by atoms with Crippen LogP contribution in [0.4, 0.5) is 0 Å². The number of aromatic nitrogens is 2. The maximum Gasteiger partial charge on any atom is 0.130 e. The van der Waals surface area contributed by atoms with E-state index in [-0.39, 0.29) is 0 Å². The molecule has 5 heteroatoms. The number of aliphatic hydroxyl groups is 1. The highest BCUT2D eigenvalue weighted by atomic mass is 16.5. The molecule has 0 fully saturated rings. The fourth-order valence-electron chi connectivity index (χ4n) is 2.17. The summed E-state index contributed by atoms with van der Waals surface area (Å²) in [5.41, 5.74) is 1.73. The van der Waals surface area contributed by atoms with Gasteiger partial charge in [0.2, 0.25) is 0 Å². The van der Waals surface area contributed by atoms with Gasteiger partial charge in [0, 0.05) is 17.7 Å². The highest BCUT2D eigenvalue weighted by Crippen LogP contribution is 2.30. The maximum absolute atomic E-state index is 9.83. The van der Waals surface area contributed by atoms with Gasteiger partial charge in [0.25, 0.3) is 0 Å². The molecule has 0 aliphatic carbocycles. The molecule has 5 nitrogen and oxygen atoms in total. The Morgan fingerprint density at radius 1 is 1.29 bits per heavy atom. The van der Waals surface area contributed by atoms with Gasteiger partial charge in [-0.1, -0.05) is 0 Å². The molecule has 0 saturated carbocycles. The largest absolute Gasteiger partial charge is 0.497 e. The number of nitrogens with zero attached hydrogens (tertiary/aromatic N) is 2. The molecule has 0 amide bonds. The Labute approximate surface area is 125 Å². The van der Waals surface area contributed by atoms with Crippen LogP contribution in [0.5, 0.6) is 11.5 Å². The van der Waals surface area contributed by atoms with Crippen molar-refractivity contribution in [1.29, 1.82) is 0 Å². The molecule has 1 aromatic heterocycles. The summed E-state index contributed by atoms with van der Waals surface area (Å²) >= 11 is 0. The van der Waals surface area contributed by atoms with Gasteiger partial charge >= 0.3 is 0 Å². The Hall–Kier alpha value is -2.01. The summed E-state index contributed by atoms with van der Waals surface area (Å²) in [6.07, 6.45) is 2.99. The molecular weight excluding hydrogens is 268 g/mol. The van der Waals surface area contributed by atoms with Gasteiger partial charge in [-0.05, 0) is 32.9 Å². The van der Waals surface area contributed by atoms with Gasteiger partial charge in [-0.15, -0.1) is 0 Å². The number of ether oxygens (including phenoxy) is 2. The predicted molar refractivity (Wildman–Crippen MR) is 80.6 cm³/mol. The van der Waals surface area contributed by atoms with Gasteiger partial charge in [0.1, 0.15) is 18.1 Å². The second-order valence-corrected chi connectivity index (χ2v) is 5.25. The van der Waals surface area contributed by atoms with Gasteiger partial charge in [-0.3, -0.25) is 0 Å². The summed E-state index contributed by atoms with van der Waals surface area (Å²) in [6, 6.07) is 5.75. The molecule has 0 spiro atoms. The highest BCUT2D eigenvalue weighted by Gasteiger charge is 2.12. The molecule has 114 valence electrons. The summed E-state index contributed by atoms with van der Waals surface area (Å²) in [4.78, 5) is 4.16. The zero-order valence-corrected chi connectivity index (χ0v) is 12.9. The van der Waals surface area contributed by atoms with E-state index in [9.17, 15) is 5.11 Å². The molecule has 0 bridgehead atoms. The Morgan fingerprint density at radius 3 is 2.67 bits per heavy atom. The summed E-state index contributed by atoms with van der Waals surface area (Å²) in [6.45, 7) is 6.30. The second kappa shape index (κ2) is 6.63. The molecule has 1 unspecified atom stereocenters. The van der Waals surface area contributed by atoms with Gasteiger partial charge < -0.3 is 19.1 Å². The normalized spacial score (nSPS) is 12.5. The Kier molecular flexibility index (Phi) is 4.85. The first-order valence-corrected chi connectivity index (χ1v) is 7.02. The lowest BCUT2D eigenvalue weighted by Crippen LogP contribution is -2.08. The zero-order chi connectivity index (χ0) is 15.4. The van der Waals surface area contributed by atoms with E-state index >= 15 is 0 Å². The summed E-state index contributed by atoms with van der Waals surface area (Å²) in [7, 11) is 1.61. The predicted octanol–water partition coefficient (Wildman–Crippen LogP) is 3.10. The minimum Gasteiger partial charge on any atom is -0.497 e. The van der Waals surface area contributed by atoms with E-state index in [0.29, 0.717) is 24.1 Å². The Bertz CT molecular complexity index is 591. The molecule has 0 aliphatic rings. The number of imidazole rings is 1. The van der Waals surface area contributed by atoms with E-state index in [2.05, 4.69) is 23.4 Å². The maximum atomic E-state index is 9.83. The van der Waals surface area contributed by atoms with Crippen LogP contribution in [0.3, 0.4) is 0 Å². The third-order valence-electron chi connectivity index (χ3n) is 3.35. The van der Waals surface area contributed by atoms with Crippen molar-refractivity contribution in [2.45, 2.75) is 39.5 Å². The van der Waals surface area contributed by atoms with Gasteiger partial charge in [0.15, 0.2) is 0 Å². The summed E-state index contributed by atoms with van der Waals surface area (Å²) in [5, 5.41) is 9.83. The van der Waals surface area contributed by atoms with Crippen molar-refractivity contribution in [3.05, 3.63) is 42.0 Å². The lowest BCUT2D eigenvalue weighted by Gasteiger charge is -2.16. The monoisotopic (exact) mass is 290 g/mol. The average molecular weight is 290 g/mol. The third-order valence-corrected chi connectivity index (χ3v) is 3.35. The van der Waals surface area contributed by atoms with Crippen molar-refractivity contribution in [1.82, 2.24) is 9.55 Å². The van der Waals surface area contributed by atoms with Crippen molar-refractivity contribution in [3.63, 3.8) is 0 Å². The average Bonchev–Trinajstić information content (AvgIpc) is 2.93. The van der Waals surface area contributed by atoms with Gasteiger partial charge in [0.05, 0.1) is 31.4 Å².